The molecule has 0 N–H and O–H groups in total. The molecule has 0 aromatic carbocycles. The number of hydrogen-bond donors (Lipinski definition) is 0. The SMILES string of the molecule is CC/C=C\C/C=C\C/C=C\C/C=C\C/C=C\CCCCOCC(COC(=O)CCCC/C=C\C/C=C\C/C=C\C/C=C\CC)OC(=O)CC/C=C\C/C=C\C/C=C\C/C=C\CC. The molecule has 62 heavy (non-hydrogen) atoms. The predicted octanol–water partition coefficient (Wildman–Crippen LogP) is 16.3. The molecule has 0 aliphatic heterocycles. The Morgan fingerprint density at radius 2 is 0.694 bits per heavy atom. The molecule has 0 bridgehead atoms. The summed E-state index contributed by atoms with van der Waals surface area (Å²) in [5.74, 6) is -0.582. The lowest BCUT2D eigenvalue weighted by Gasteiger charge is -2.18. The Morgan fingerprint density at radius 1 is 0.355 bits per heavy atom. The lowest BCUT2D eigenvalue weighted by molar-refractivity contribution is -0.162. The molecule has 5 nitrogen and oxygen atoms in total. The molecular formula is C57H86O5. The van der Waals surface area contributed by atoms with Gasteiger partial charge in [-0.05, 0) is 128 Å². The third kappa shape index (κ3) is 48.2. The quantitative estimate of drug-likeness (QED) is 0.0348. The minimum Gasteiger partial charge on any atom is -0.462 e. The molecule has 0 saturated heterocycles. The number of carbonyl (C=O) groups excluding carboxylic acids is 2. The van der Waals surface area contributed by atoms with E-state index in [-0.39, 0.29) is 31.6 Å². The second kappa shape index (κ2) is 50.9. The summed E-state index contributed by atoms with van der Waals surface area (Å²) in [6.45, 7) is 7.21. The maximum absolute atomic E-state index is 12.7. The first-order chi connectivity index (χ1) is 30.6. The molecule has 0 spiro atoms. The summed E-state index contributed by atoms with van der Waals surface area (Å²) < 4.78 is 17.2. The first-order valence-corrected chi connectivity index (χ1v) is 24.0. The smallest absolute Gasteiger partial charge is 0.306 e. The van der Waals surface area contributed by atoms with Gasteiger partial charge in [-0.2, -0.15) is 0 Å². The molecule has 0 radical (unpaired) electrons. The Hall–Kier alpha value is -4.48. The van der Waals surface area contributed by atoms with Crippen LogP contribution in [-0.2, 0) is 23.8 Å². The van der Waals surface area contributed by atoms with E-state index in [1.54, 1.807) is 0 Å². The van der Waals surface area contributed by atoms with Gasteiger partial charge in [-0.15, -0.1) is 0 Å². The molecule has 0 heterocycles. The fraction of sp³-hybridized carbons (Fsp3) is 0.509. The number of carbonyl (C=O) groups is 2. The minimum absolute atomic E-state index is 0.00540. The van der Waals surface area contributed by atoms with Gasteiger partial charge >= 0.3 is 11.9 Å². The largest absolute Gasteiger partial charge is 0.462 e. The van der Waals surface area contributed by atoms with Gasteiger partial charge < -0.3 is 14.2 Å². The van der Waals surface area contributed by atoms with Gasteiger partial charge in [0, 0.05) is 19.4 Å². The summed E-state index contributed by atoms with van der Waals surface area (Å²) in [4.78, 5) is 25.3. The fourth-order valence-electron chi connectivity index (χ4n) is 5.60. The van der Waals surface area contributed by atoms with Crippen LogP contribution in [0.1, 0.15) is 162 Å². The predicted molar refractivity (Wildman–Crippen MR) is 269 cm³/mol. The van der Waals surface area contributed by atoms with Gasteiger partial charge in [0.05, 0.1) is 6.61 Å². The van der Waals surface area contributed by atoms with Gasteiger partial charge in [0.2, 0.25) is 0 Å². The maximum atomic E-state index is 12.7. The van der Waals surface area contributed by atoms with Crippen LogP contribution in [-0.4, -0.2) is 37.9 Å². The van der Waals surface area contributed by atoms with E-state index >= 15 is 0 Å². The Balaban J connectivity index is 4.55. The molecule has 1 unspecified atom stereocenters. The highest BCUT2D eigenvalue weighted by molar-refractivity contribution is 5.70. The van der Waals surface area contributed by atoms with Gasteiger partial charge in [-0.1, -0.05) is 179 Å². The van der Waals surface area contributed by atoms with Crippen LogP contribution in [0.15, 0.2) is 158 Å². The molecule has 0 aromatic rings. The summed E-state index contributed by atoms with van der Waals surface area (Å²) in [7, 11) is 0. The van der Waals surface area contributed by atoms with Crippen molar-refractivity contribution in [2.24, 2.45) is 0 Å². The molecule has 0 aliphatic rings. The van der Waals surface area contributed by atoms with Crippen LogP contribution in [0.3, 0.4) is 0 Å². The average molecular weight is 851 g/mol. The van der Waals surface area contributed by atoms with Crippen molar-refractivity contribution in [3.63, 3.8) is 0 Å². The van der Waals surface area contributed by atoms with Crippen molar-refractivity contribution in [2.45, 2.75) is 168 Å². The second-order valence-electron chi connectivity index (χ2n) is 14.9. The summed E-state index contributed by atoms with van der Waals surface area (Å²) in [6.07, 6.45) is 75.6. The highest BCUT2D eigenvalue weighted by Crippen LogP contribution is 2.08. The van der Waals surface area contributed by atoms with E-state index < -0.39 is 6.10 Å². The third-order valence-electron chi connectivity index (χ3n) is 9.05. The maximum Gasteiger partial charge on any atom is 0.306 e. The van der Waals surface area contributed by atoms with E-state index in [2.05, 4.69) is 173 Å². The minimum atomic E-state index is -0.626. The zero-order valence-electron chi connectivity index (χ0n) is 39.3. The van der Waals surface area contributed by atoms with Gasteiger partial charge in [0.15, 0.2) is 6.10 Å². The lowest BCUT2D eigenvalue weighted by atomic mass is 10.2. The number of ether oxygens (including phenoxy) is 3. The van der Waals surface area contributed by atoms with Gasteiger partial charge in [0.1, 0.15) is 6.61 Å². The second-order valence-corrected chi connectivity index (χ2v) is 14.9. The van der Waals surface area contributed by atoms with Crippen molar-refractivity contribution in [2.75, 3.05) is 19.8 Å². The van der Waals surface area contributed by atoms with Crippen LogP contribution in [0.25, 0.3) is 0 Å². The van der Waals surface area contributed by atoms with Crippen molar-refractivity contribution in [1.82, 2.24) is 0 Å². The normalized spacial score (nSPS) is 13.7. The lowest BCUT2D eigenvalue weighted by Crippen LogP contribution is -2.30. The summed E-state index contributed by atoms with van der Waals surface area (Å²) >= 11 is 0. The van der Waals surface area contributed by atoms with Crippen LogP contribution in [0.4, 0.5) is 0 Å². The highest BCUT2D eigenvalue weighted by atomic mass is 16.6. The molecule has 0 rings (SSSR count). The average Bonchev–Trinajstić information content (AvgIpc) is 3.27. The zero-order valence-corrected chi connectivity index (χ0v) is 39.3. The van der Waals surface area contributed by atoms with Crippen LogP contribution in [0.5, 0.6) is 0 Å². The molecule has 1 atom stereocenters. The van der Waals surface area contributed by atoms with Crippen LogP contribution in [0, 0.1) is 0 Å². The Kier molecular flexibility index (Phi) is 47.2. The molecule has 0 aliphatic carbocycles. The van der Waals surface area contributed by atoms with E-state index in [0.717, 1.165) is 122 Å². The monoisotopic (exact) mass is 851 g/mol. The van der Waals surface area contributed by atoms with Crippen LogP contribution >= 0.6 is 0 Å². The van der Waals surface area contributed by atoms with Crippen LogP contribution in [0.2, 0.25) is 0 Å². The molecular weight excluding hydrogens is 765 g/mol. The first-order valence-electron chi connectivity index (χ1n) is 24.0. The Labute approximate surface area is 380 Å². The van der Waals surface area contributed by atoms with E-state index in [0.29, 0.717) is 19.4 Å². The summed E-state index contributed by atoms with van der Waals surface area (Å²) in [6, 6.07) is 0. The number of unbranched alkanes of at least 4 members (excludes halogenated alkanes) is 4. The number of rotatable bonds is 41. The van der Waals surface area contributed by atoms with Crippen molar-refractivity contribution in [3.8, 4) is 0 Å². The van der Waals surface area contributed by atoms with Gasteiger partial charge in [-0.25, -0.2) is 0 Å². The van der Waals surface area contributed by atoms with Crippen LogP contribution < -0.4 is 0 Å². The molecule has 0 aromatic heterocycles. The Bertz CT molecular complexity index is 1420. The van der Waals surface area contributed by atoms with Crippen molar-refractivity contribution >= 4 is 11.9 Å². The van der Waals surface area contributed by atoms with Gasteiger partial charge in [0.25, 0.3) is 0 Å². The fourth-order valence-corrected chi connectivity index (χ4v) is 5.60. The van der Waals surface area contributed by atoms with E-state index in [1.165, 1.54) is 0 Å². The topological polar surface area (TPSA) is 61.8 Å². The molecule has 344 valence electrons. The number of allylic oxidation sites excluding steroid dienone is 26. The van der Waals surface area contributed by atoms with Crippen molar-refractivity contribution in [1.29, 1.82) is 0 Å². The third-order valence-corrected chi connectivity index (χ3v) is 9.05. The summed E-state index contributed by atoms with van der Waals surface area (Å²) in [5.41, 5.74) is 0. The van der Waals surface area contributed by atoms with E-state index in [1.807, 2.05) is 6.08 Å². The zero-order chi connectivity index (χ0) is 44.9. The molecule has 0 amide bonds. The van der Waals surface area contributed by atoms with Gasteiger partial charge in [-0.3, -0.25) is 9.59 Å². The molecule has 0 fully saturated rings. The van der Waals surface area contributed by atoms with Crippen molar-refractivity contribution < 1.29 is 23.8 Å². The standard InChI is InChI=1S/C57H86O5/c1-4-7-10-13-16-19-22-25-27-28-29-31-34-37-40-43-46-49-52-60-53-55(62-57(59)51-48-45-42-39-36-32-24-21-18-15-12-9-6-3)54-61-56(58)50-47-44-41-38-35-33-30-26-23-20-17-14-11-8-5-2/h7-12,16-21,25-27,29-32,35-38,40,42,45,55H,4-6,13-15,22-24,28,33-34,39,41,43-44,46-54H2,1-3H3/b10-7-,11-8-,12-9-,19-16-,20-17-,21-18-,27-25-,30-26-,31-29-,36-32-,38-35-,40-37-,45-42-. The van der Waals surface area contributed by atoms with E-state index in [9.17, 15) is 9.59 Å². The Morgan fingerprint density at radius 3 is 1.08 bits per heavy atom. The molecule has 5 heteroatoms. The first kappa shape index (κ1) is 57.5. The number of hydrogen-bond acceptors (Lipinski definition) is 5. The highest BCUT2D eigenvalue weighted by Gasteiger charge is 2.17. The number of esters is 2. The van der Waals surface area contributed by atoms with E-state index in [4.69, 9.17) is 14.2 Å². The van der Waals surface area contributed by atoms with Crippen molar-refractivity contribution in [3.05, 3.63) is 158 Å². The summed E-state index contributed by atoms with van der Waals surface area (Å²) in [5, 5.41) is 0. The molecule has 0 saturated carbocycles.